The van der Waals surface area contributed by atoms with Crippen LogP contribution in [0, 0.1) is 6.92 Å². The Labute approximate surface area is 143 Å². The summed E-state index contributed by atoms with van der Waals surface area (Å²) in [5, 5.41) is 0. The fraction of sp³-hybridized carbons (Fsp3) is 0.471. The normalized spacial score (nSPS) is 17.1. The number of imidazole rings is 1. The Morgan fingerprint density at radius 2 is 1.92 bits per heavy atom. The number of anilines is 1. The van der Waals surface area contributed by atoms with E-state index in [1.54, 1.807) is 29.0 Å². The SMILES string of the molecule is Cc1ccc(S(=O)(=O)N2CCC(n3ccnc3)CC2)cc1N(C)C. The summed E-state index contributed by atoms with van der Waals surface area (Å²) in [4.78, 5) is 6.39. The number of hydrogen-bond acceptors (Lipinski definition) is 4. The van der Waals surface area contributed by atoms with E-state index in [2.05, 4.69) is 9.55 Å². The fourth-order valence-corrected chi connectivity index (χ4v) is 4.74. The van der Waals surface area contributed by atoms with Gasteiger partial charge in [-0.25, -0.2) is 13.4 Å². The maximum Gasteiger partial charge on any atom is 0.243 e. The molecular formula is C17H24N4O2S. The van der Waals surface area contributed by atoms with E-state index in [1.165, 1.54) is 0 Å². The molecule has 2 aromatic rings. The van der Waals surface area contributed by atoms with Gasteiger partial charge in [0.1, 0.15) is 0 Å². The molecule has 1 aliphatic heterocycles. The van der Waals surface area contributed by atoms with E-state index in [1.807, 2.05) is 38.2 Å². The maximum atomic E-state index is 13.0. The fourth-order valence-electron chi connectivity index (χ4n) is 3.25. The van der Waals surface area contributed by atoms with Gasteiger partial charge in [0.05, 0.1) is 11.2 Å². The second kappa shape index (κ2) is 6.57. The first-order valence-corrected chi connectivity index (χ1v) is 9.59. The number of aryl methyl sites for hydroxylation is 1. The van der Waals surface area contributed by atoms with Gasteiger partial charge in [0, 0.05) is 51.3 Å². The lowest BCUT2D eigenvalue weighted by atomic mass is 10.1. The molecule has 0 atom stereocenters. The summed E-state index contributed by atoms with van der Waals surface area (Å²) in [5.74, 6) is 0. The van der Waals surface area contributed by atoms with Crippen molar-refractivity contribution in [1.82, 2.24) is 13.9 Å². The van der Waals surface area contributed by atoms with Gasteiger partial charge < -0.3 is 9.47 Å². The number of nitrogens with zero attached hydrogens (tertiary/aromatic N) is 4. The molecule has 0 N–H and O–H groups in total. The van der Waals surface area contributed by atoms with Crippen LogP contribution in [0.5, 0.6) is 0 Å². The van der Waals surface area contributed by atoms with Gasteiger partial charge in [0.25, 0.3) is 0 Å². The van der Waals surface area contributed by atoms with Gasteiger partial charge in [0.2, 0.25) is 10.0 Å². The van der Waals surface area contributed by atoms with Crippen LogP contribution >= 0.6 is 0 Å². The van der Waals surface area contributed by atoms with E-state index >= 15 is 0 Å². The molecule has 130 valence electrons. The molecular weight excluding hydrogens is 324 g/mol. The molecule has 0 saturated carbocycles. The predicted molar refractivity (Wildman–Crippen MR) is 94.8 cm³/mol. The summed E-state index contributed by atoms with van der Waals surface area (Å²) in [6.07, 6.45) is 7.12. The van der Waals surface area contributed by atoms with E-state index in [-0.39, 0.29) is 0 Å². The molecule has 6 nitrogen and oxygen atoms in total. The molecule has 2 heterocycles. The molecule has 7 heteroatoms. The molecule has 1 aromatic carbocycles. The van der Waals surface area contributed by atoms with Crippen LogP contribution in [-0.2, 0) is 10.0 Å². The number of aromatic nitrogens is 2. The van der Waals surface area contributed by atoms with Crippen LogP contribution in [0.15, 0.2) is 41.8 Å². The molecule has 1 aliphatic rings. The average Bonchev–Trinajstić information content (AvgIpc) is 3.09. The van der Waals surface area contributed by atoms with Crippen molar-refractivity contribution in [1.29, 1.82) is 0 Å². The van der Waals surface area contributed by atoms with Crippen LogP contribution in [-0.4, -0.2) is 49.5 Å². The van der Waals surface area contributed by atoms with Crippen molar-refractivity contribution in [3.63, 3.8) is 0 Å². The zero-order valence-corrected chi connectivity index (χ0v) is 15.2. The monoisotopic (exact) mass is 348 g/mol. The van der Waals surface area contributed by atoms with Crippen molar-refractivity contribution in [2.45, 2.75) is 30.7 Å². The topological polar surface area (TPSA) is 58.4 Å². The second-order valence-electron chi connectivity index (χ2n) is 6.49. The quantitative estimate of drug-likeness (QED) is 0.851. The molecule has 0 unspecified atom stereocenters. The van der Waals surface area contributed by atoms with Crippen LogP contribution in [0.4, 0.5) is 5.69 Å². The molecule has 0 bridgehead atoms. The summed E-state index contributed by atoms with van der Waals surface area (Å²) in [7, 11) is 0.407. The first kappa shape index (κ1) is 17.0. The average molecular weight is 348 g/mol. The highest BCUT2D eigenvalue weighted by atomic mass is 32.2. The lowest BCUT2D eigenvalue weighted by Gasteiger charge is -2.32. The van der Waals surface area contributed by atoms with Gasteiger partial charge in [0.15, 0.2) is 0 Å². The molecule has 3 rings (SSSR count). The number of hydrogen-bond donors (Lipinski definition) is 0. The zero-order valence-electron chi connectivity index (χ0n) is 14.4. The Morgan fingerprint density at radius 3 is 2.50 bits per heavy atom. The van der Waals surface area contributed by atoms with Crippen LogP contribution in [0.2, 0.25) is 0 Å². The first-order chi connectivity index (χ1) is 11.4. The summed E-state index contributed by atoms with van der Waals surface area (Å²) < 4.78 is 29.6. The van der Waals surface area contributed by atoms with Crippen molar-refractivity contribution < 1.29 is 8.42 Å². The van der Waals surface area contributed by atoms with Gasteiger partial charge in [-0.3, -0.25) is 0 Å². The van der Waals surface area contributed by atoms with Gasteiger partial charge in [-0.15, -0.1) is 0 Å². The molecule has 24 heavy (non-hydrogen) atoms. The Morgan fingerprint density at radius 1 is 1.21 bits per heavy atom. The third-order valence-corrected chi connectivity index (χ3v) is 6.56. The Hall–Kier alpha value is -1.86. The van der Waals surface area contributed by atoms with E-state index in [4.69, 9.17) is 0 Å². The van der Waals surface area contributed by atoms with Crippen molar-refractivity contribution in [2.24, 2.45) is 0 Å². The zero-order chi connectivity index (χ0) is 17.3. The minimum absolute atomic E-state index is 0.328. The third kappa shape index (κ3) is 3.18. The molecule has 0 spiro atoms. The van der Waals surface area contributed by atoms with Crippen molar-refractivity contribution >= 4 is 15.7 Å². The highest BCUT2D eigenvalue weighted by Gasteiger charge is 2.30. The predicted octanol–water partition coefficient (Wildman–Crippen LogP) is 2.28. The van der Waals surface area contributed by atoms with Crippen LogP contribution in [0.25, 0.3) is 0 Å². The standard InChI is InChI=1S/C17H24N4O2S/c1-14-4-5-16(12-17(14)19(2)3)24(22,23)21-9-6-15(7-10-21)20-11-8-18-13-20/h4-5,8,11-13,15H,6-7,9-10H2,1-3H3. The maximum absolute atomic E-state index is 13.0. The molecule has 0 aliphatic carbocycles. The van der Waals surface area contributed by atoms with E-state index in [0.717, 1.165) is 24.1 Å². The van der Waals surface area contributed by atoms with E-state index in [9.17, 15) is 8.42 Å². The van der Waals surface area contributed by atoms with Crippen molar-refractivity contribution in [2.75, 3.05) is 32.1 Å². The summed E-state index contributed by atoms with van der Waals surface area (Å²) >= 11 is 0. The smallest absolute Gasteiger partial charge is 0.243 e. The Kier molecular flexibility index (Phi) is 4.64. The van der Waals surface area contributed by atoms with Crippen LogP contribution in [0.1, 0.15) is 24.4 Å². The summed E-state index contributed by atoms with van der Waals surface area (Å²) in [5.41, 5.74) is 2.00. The van der Waals surface area contributed by atoms with Crippen molar-refractivity contribution in [3.8, 4) is 0 Å². The lowest BCUT2D eigenvalue weighted by Crippen LogP contribution is -2.38. The number of sulfonamides is 1. The molecule has 1 aromatic heterocycles. The minimum Gasteiger partial charge on any atom is -0.377 e. The van der Waals surface area contributed by atoms with Gasteiger partial charge in [-0.1, -0.05) is 6.07 Å². The highest BCUT2D eigenvalue weighted by Crippen LogP contribution is 2.29. The molecule has 1 fully saturated rings. The lowest BCUT2D eigenvalue weighted by molar-refractivity contribution is 0.274. The van der Waals surface area contributed by atoms with Crippen LogP contribution < -0.4 is 4.90 Å². The van der Waals surface area contributed by atoms with E-state index < -0.39 is 10.0 Å². The minimum atomic E-state index is -3.45. The summed E-state index contributed by atoms with van der Waals surface area (Å²) in [6, 6.07) is 5.68. The molecule has 1 saturated heterocycles. The Bertz CT molecular complexity index is 792. The highest BCUT2D eigenvalue weighted by molar-refractivity contribution is 7.89. The number of rotatable bonds is 4. The largest absolute Gasteiger partial charge is 0.377 e. The molecule has 0 radical (unpaired) electrons. The number of benzene rings is 1. The first-order valence-electron chi connectivity index (χ1n) is 8.15. The van der Waals surface area contributed by atoms with Crippen molar-refractivity contribution in [3.05, 3.63) is 42.5 Å². The van der Waals surface area contributed by atoms with Gasteiger partial charge >= 0.3 is 0 Å². The third-order valence-electron chi connectivity index (χ3n) is 4.67. The van der Waals surface area contributed by atoms with Crippen LogP contribution in [0.3, 0.4) is 0 Å². The van der Waals surface area contributed by atoms with Gasteiger partial charge in [-0.05, 0) is 37.5 Å². The molecule has 0 amide bonds. The van der Waals surface area contributed by atoms with Gasteiger partial charge in [-0.2, -0.15) is 4.31 Å². The Balaban J connectivity index is 1.78. The summed E-state index contributed by atoms with van der Waals surface area (Å²) in [6.45, 7) is 3.06. The number of piperidine rings is 1. The second-order valence-corrected chi connectivity index (χ2v) is 8.43. The van der Waals surface area contributed by atoms with E-state index in [0.29, 0.717) is 24.0 Å².